The van der Waals surface area contributed by atoms with Gasteiger partial charge < -0.3 is 15.2 Å². The molecule has 30 heavy (non-hydrogen) atoms. The minimum Gasteiger partial charge on any atom is -0.342 e. The van der Waals surface area contributed by atoms with Crippen molar-refractivity contribution in [3.8, 4) is 0 Å². The molecule has 2 N–H and O–H groups in total. The molecule has 1 fully saturated rings. The van der Waals surface area contributed by atoms with Crippen molar-refractivity contribution in [2.45, 2.75) is 31.6 Å². The number of imidazole rings is 1. The number of rotatable bonds is 5. The molecule has 1 saturated heterocycles. The van der Waals surface area contributed by atoms with Gasteiger partial charge in [0, 0.05) is 31.6 Å². The molecule has 2 aliphatic heterocycles. The Hall–Kier alpha value is -2.49. The molecule has 0 atom stereocenters. The molecule has 160 valence electrons. The lowest BCUT2D eigenvalue weighted by Gasteiger charge is -2.22. The average molecular weight is 430 g/mol. The van der Waals surface area contributed by atoms with E-state index in [4.69, 9.17) is 0 Å². The maximum absolute atomic E-state index is 13.6. The van der Waals surface area contributed by atoms with Gasteiger partial charge in [-0.25, -0.2) is 13.4 Å². The number of likely N-dealkylation sites (N-methyl/N-ethyl adjacent to an activating group) is 1. The first-order valence-corrected chi connectivity index (χ1v) is 11.8. The third kappa shape index (κ3) is 3.80. The number of hydrogen-bond donors (Lipinski definition) is 2. The maximum atomic E-state index is 13.6. The number of aryl methyl sites for hydroxylation is 1. The number of hydrogen-bond acceptors (Lipinski definition) is 5. The van der Waals surface area contributed by atoms with Crippen LogP contribution in [0.1, 0.15) is 37.4 Å². The van der Waals surface area contributed by atoms with Crippen LogP contribution >= 0.6 is 0 Å². The molecular weight excluding hydrogens is 402 g/mol. The summed E-state index contributed by atoms with van der Waals surface area (Å²) in [6.07, 6.45) is 4.86. The van der Waals surface area contributed by atoms with Gasteiger partial charge in [-0.2, -0.15) is 4.31 Å². The molecule has 9 heteroatoms. The smallest absolute Gasteiger partial charge is 0.256 e. The van der Waals surface area contributed by atoms with Gasteiger partial charge in [-0.05, 0) is 37.7 Å². The van der Waals surface area contributed by atoms with Crippen molar-refractivity contribution in [1.29, 1.82) is 0 Å². The molecule has 1 amide bonds. The first-order valence-electron chi connectivity index (χ1n) is 10.4. The van der Waals surface area contributed by atoms with Crippen LogP contribution in [0.15, 0.2) is 29.3 Å². The lowest BCUT2D eigenvalue weighted by Crippen LogP contribution is -2.35. The van der Waals surface area contributed by atoms with E-state index in [2.05, 4.69) is 27.1 Å². The Morgan fingerprint density at radius 1 is 1.17 bits per heavy atom. The molecular formula is C21H27N5O3S. The van der Waals surface area contributed by atoms with E-state index in [9.17, 15) is 13.2 Å². The van der Waals surface area contributed by atoms with Gasteiger partial charge in [0.25, 0.3) is 5.91 Å². The SMILES string of the molecule is CCc1ncc(C=C2C(=O)Nc3cccc(S(=O)(=O)N4CCCN(CC)CC4)c32)[nH]1. The summed E-state index contributed by atoms with van der Waals surface area (Å²) < 4.78 is 28.7. The van der Waals surface area contributed by atoms with Gasteiger partial charge in [-0.3, -0.25) is 4.79 Å². The fraction of sp³-hybridized carbons (Fsp3) is 0.429. The molecule has 0 saturated carbocycles. The van der Waals surface area contributed by atoms with E-state index in [-0.39, 0.29) is 10.8 Å². The van der Waals surface area contributed by atoms with E-state index in [1.165, 1.54) is 0 Å². The van der Waals surface area contributed by atoms with Gasteiger partial charge in [0.15, 0.2) is 0 Å². The molecule has 0 unspecified atom stereocenters. The maximum Gasteiger partial charge on any atom is 0.256 e. The van der Waals surface area contributed by atoms with E-state index in [0.29, 0.717) is 42.2 Å². The van der Waals surface area contributed by atoms with Gasteiger partial charge in [-0.15, -0.1) is 0 Å². The summed E-state index contributed by atoms with van der Waals surface area (Å²) in [5.74, 6) is 0.500. The van der Waals surface area contributed by atoms with Crippen LogP contribution in [0.3, 0.4) is 0 Å². The summed E-state index contributed by atoms with van der Waals surface area (Å²) >= 11 is 0. The predicted octanol–water partition coefficient (Wildman–Crippen LogP) is 2.18. The summed E-state index contributed by atoms with van der Waals surface area (Å²) in [5.41, 5.74) is 1.96. The average Bonchev–Trinajstić information content (AvgIpc) is 3.22. The molecule has 0 bridgehead atoms. The fourth-order valence-corrected chi connectivity index (χ4v) is 5.70. The van der Waals surface area contributed by atoms with Crippen LogP contribution in [0.2, 0.25) is 0 Å². The highest BCUT2D eigenvalue weighted by atomic mass is 32.2. The van der Waals surface area contributed by atoms with Gasteiger partial charge in [-0.1, -0.05) is 19.9 Å². The molecule has 4 rings (SSSR count). The topological polar surface area (TPSA) is 98.4 Å². The summed E-state index contributed by atoms with van der Waals surface area (Å²) in [6, 6.07) is 5.00. The first kappa shape index (κ1) is 20.8. The minimum atomic E-state index is -3.74. The summed E-state index contributed by atoms with van der Waals surface area (Å²) in [5, 5.41) is 2.80. The predicted molar refractivity (Wildman–Crippen MR) is 116 cm³/mol. The zero-order valence-corrected chi connectivity index (χ0v) is 18.1. The highest BCUT2D eigenvalue weighted by Crippen LogP contribution is 2.38. The number of anilines is 1. The Balaban J connectivity index is 1.75. The molecule has 0 radical (unpaired) electrons. The summed E-state index contributed by atoms with van der Waals surface area (Å²) in [6.45, 7) is 7.49. The Morgan fingerprint density at radius 3 is 2.73 bits per heavy atom. The number of benzene rings is 1. The van der Waals surface area contributed by atoms with Gasteiger partial charge in [0.1, 0.15) is 5.82 Å². The normalized spacial score (nSPS) is 19.7. The van der Waals surface area contributed by atoms with Crippen LogP contribution in [-0.4, -0.2) is 66.2 Å². The zero-order valence-electron chi connectivity index (χ0n) is 17.3. The molecule has 2 aliphatic rings. The quantitative estimate of drug-likeness (QED) is 0.710. The largest absolute Gasteiger partial charge is 0.342 e. The number of aromatic amines is 1. The van der Waals surface area contributed by atoms with E-state index in [1.54, 1.807) is 34.8 Å². The van der Waals surface area contributed by atoms with Crippen molar-refractivity contribution in [3.63, 3.8) is 0 Å². The third-order valence-electron chi connectivity index (χ3n) is 5.68. The van der Waals surface area contributed by atoms with Crippen LogP contribution in [0.5, 0.6) is 0 Å². The minimum absolute atomic E-state index is 0.171. The highest BCUT2D eigenvalue weighted by molar-refractivity contribution is 7.89. The van der Waals surface area contributed by atoms with Crippen molar-refractivity contribution in [2.24, 2.45) is 0 Å². The number of nitrogens with zero attached hydrogens (tertiary/aromatic N) is 3. The van der Waals surface area contributed by atoms with Crippen LogP contribution in [0.25, 0.3) is 11.6 Å². The Morgan fingerprint density at radius 2 is 2.00 bits per heavy atom. The monoisotopic (exact) mass is 429 g/mol. The van der Waals surface area contributed by atoms with Gasteiger partial charge >= 0.3 is 0 Å². The molecule has 1 aromatic heterocycles. The molecule has 2 aromatic rings. The summed E-state index contributed by atoms with van der Waals surface area (Å²) in [7, 11) is -3.74. The standard InChI is InChI=1S/C21H27N5O3S/c1-3-19-22-14-15(23-19)13-16-20-17(24-21(16)27)7-5-8-18(20)30(28,29)26-10-6-9-25(4-2)11-12-26/h5,7-8,13-14H,3-4,6,9-12H2,1-2H3,(H,22,23)(H,24,27). The molecule has 1 aromatic carbocycles. The van der Waals surface area contributed by atoms with Crippen LogP contribution < -0.4 is 5.32 Å². The van der Waals surface area contributed by atoms with E-state index in [0.717, 1.165) is 31.8 Å². The Bertz CT molecular complexity index is 1090. The van der Waals surface area contributed by atoms with E-state index >= 15 is 0 Å². The third-order valence-corrected chi connectivity index (χ3v) is 7.62. The van der Waals surface area contributed by atoms with Crippen molar-refractivity contribution in [3.05, 3.63) is 41.5 Å². The second-order valence-electron chi connectivity index (χ2n) is 7.52. The number of H-pyrrole nitrogens is 1. The van der Waals surface area contributed by atoms with Crippen molar-refractivity contribution >= 4 is 33.3 Å². The lowest BCUT2D eigenvalue weighted by atomic mass is 10.1. The number of carbonyl (C=O) groups is 1. The Kier molecular flexibility index (Phi) is 5.77. The summed E-state index contributed by atoms with van der Waals surface area (Å²) in [4.78, 5) is 22.5. The number of sulfonamides is 1. The molecule has 3 heterocycles. The lowest BCUT2D eigenvalue weighted by molar-refractivity contribution is -0.110. The molecule has 8 nitrogen and oxygen atoms in total. The molecule has 0 spiro atoms. The number of carbonyl (C=O) groups excluding carboxylic acids is 1. The Labute approximate surface area is 177 Å². The fourth-order valence-electron chi connectivity index (χ4n) is 4.00. The second kappa shape index (κ2) is 8.33. The van der Waals surface area contributed by atoms with Crippen LogP contribution in [0.4, 0.5) is 5.69 Å². The van der Waals surface area contributed by atoms with E-state index in [1.807, 2.05) is 6.92 Å². The number of amides is 1. The molecule has 0 aliphatic carbocycles. The highest BCUT2D eigenvalue weighted by Gasteiger charge is 2.35. The van der Waals surface area contributed by atoms with Crippen molar-refractivity contribution < 1.29 is 13.2 Å². The van der Waals surface area contributed by atoms with E-state index < -0.39 is 10.0 Å². The second-order valence-corrected chi connectivity index (χ2v) is 9.43. The van der Waals surface area contributed by atoms with Crippen LogP contribution in [0, 0.1) is 0 Å². The number of nitrogens with one attached hydrogen (secondary N) is 2. The zero-order chi connectivity index (χ0) is 21.3. The van der Waals surface area contributed by atoms with Crippen molar-refractivity contribution in [2.75, 3.05) is 38.0 Å². The number of fused-ring (bicyclic) bond motifs is 1. The number of aromatic nitrogens is 2. The first-order chi connectivity index (χ1) is 14.4. The van der Waals surface area contributed by atoms with Gasteiger partial charge in [0.2, 0.25) is 10.0 Å². The van der Waals surface area contributed by atoms with Crippen LogP contribution in [-0.2, 0) is 21.2 Å². The van der Waals surface area contributed by atoms with Crippen molar-refractivity contribution in [1.82, 2.24) is 19.2 Å². The van der Waals surface area contributed by atoms with Gasteiger partial charge in [0.05, 0.1) is 28.0 Å².